The van der Waals surface area contributed by atoms with Crippen LogP contribution in [0.2, 0.25) is 0 Å². The van der Waals surface area contributed by atoms with Gasteiger partial charge in [-0.3, -0.25) is 14.9 Å². The van der Waals surface area contributed by atoms with E-state index < -0.39 is 11.6 Å². The van der Waals surface area contributed by atoms with Crippen molar-refractivity contribution in [3.05, 3.63) is 45.5 Å². The molecule has 2 rings (SSSR count). The van der Waals surface area contributed by atoms with E-state index in [2.05, 4.69) is 0 Å². The lowest BCUT2D eigenvalue weighted by atomic mass is 9.90. The molecule has 1 aliphatic rings. The molecule has 0 aliphatic carbocycles. The Morgan fingerprint density at radius 2 is 1.95 bits per heavy atom. The van der Waals surface area contributed by atoms with Gasteiger partial charge in [-0.2, -0.15) is 0 Å². The quantitative estimate of drug-likeness (QED) is 0.618. The topological polar surface area (TPSA) is 69.4 Å². The molecular formula is C14H17NO4. The molecule has 5 heteroatoms. The highest BCUT2D eigenvalue weighted by molar-refractivity contribution is 5.76. The molecule has 0 saturated heterocycles. The average Bonchev–Trinajstić information content (AvgIpc) is 2.68. The maximum atomic E-state index is 11.3. The number of ether oxygens (including phenoxy) is 1. The van der Waals surface area contributed by atoms with Gasteiger partial charge in [-0.05, 0) is 18.1 Å². The summed E-state index contributed by atoms with van der Waals surface area (Å²) in [6.45, 7) is 4.59. The van der Waals surface area contributed by atoms with Crippen molar-refractivity contribution >= 4 is 5.78 Å². The van der Waals surface area contributed by atoms with Crippen molar-refractivity contribution in [2.45, 2.75) is 44.9 Å². The van der Waals surface area contributed by atoms with Crippen LogP contribution in [0, 0.1) is 10.1 Å². The van der Waals surface area contributed by atoms with E-state index in [0.29, 0.717) is 0 Å². The Kier molecular flexibility index (Phi) is 3.41. The van der Waals surface area contributed by atoms with Crippen molar-refractivity contribution in [2.75, 3.05) is 0 Å². The lowest BCUT2D eigenvalue weighted by molar-refractivity contribution is -0.576. The number of carbonyl (C=O) groups excluding carboxylic acids is 1. The molecule has 1 aromatic rings. The molecule has 102 valence electrons. The number of rotatable bonds is 4. The zero-order chi connectivity index (χ0) is 14.2. The molecule has 0 spiro atoms. The molecule has 0 aromatic heterocycles. The van der Waals surface area contributed by atoms with E-state index in [1.165, 1.54) is 6.92 Å². The van der Waals surface area contributed by atoms with Crippen molar-refractivity contribution in [3.63, 3.8) is 0 Å². The number of nitro groups is 1. The summed E-state index contributed by atoms with van der Waals surface area (Å²) in [7, 11) is 0. The van der Waals surface area contributed by atoms with Gasteiger partial charge in [0, 0.05) is 25.2 Å². The first kappa shape index (κ1) is 13.7. The number of carbonyl (C=O) groups is 1. The van der Waals surface area contributed by atoms with Gasteiger partial charge >= 0.3 is 0 Å². The summed E-state index contributed by atoms with van der Waals surface area (Å²) in [6, 6.07) is 7.41. The van der Waals surface area contributed by atoms with Crippen LogP contribution in [0.4, 0.5) is 0 Å². The maximum absolute atomic E-state index is 11.3. The van der Waals surface area contributed by atoms with Crippen LogP contribution in [-0.2, 0) is 9.53 Å². The van der Waals surface area contributed by atoms with Gasteiger partial charge in [0.15, 0.2) is 6.10 Å². The Balaban J connectivity index is 2.40. The number of fused-ring (bicyclic) bond motifs is 1. The Hall–Kier alpha value is -1.75. The number of hydrogen-bond acceptors (Lipinski definition) is 4. The van der Waals surface area contributed by atoms with E-state index in [0.717, 1.165) is 11.1 Å². The normalized spacial score (nSPS) is 22.1. The van der Waals surface area contributed by atoms with Gasteiger partial charge in [-0.25, -0.2) is 0 Å². The first-order valence-corrected chi connectivity index (χ1v) is 6.22. The highest BCUT2D eigenvalue weighted by Crippen LogP contribution is 2.46. The average molecular weight is 263 g/mol. The molecule has 2 atom stereocenters. The van der Waals surface area contributed by atoms with Gasteiger partial charge in [-0.15, -0.1) is 0 Å². The highest BCUT2D eigenvalue weighted by atomic mass is 16.6. The lowest BCUT2D eigenvalue weighted by Crippen LogP contribution is -2.38. The van der Waals surface area contributed by atoms with E-state index in [1.54, 1.807) is 13.8 Å². The number of ketones is 1. The molecule has 1 aliphatic heterocycles. The molecule has 5 nitrogen and oxygen atoms in total. The van der Waals surface area contributed by atoms with Crippen molar-refractivity contribution in [3.8, 4) is 0 Å². The third kappa shape index (κ3) is 2.38. The Morgan fingerprint density at radius 1 is 1.37 bits per heavy atom. The summed E-state index contributed by atoms with van der Waals surface area (Å²) in [6.07, 6.45) is -0.748. The molecular weight excluding hydrogens is 246 g/mol. The number of Topliss-reactive ketones (excluding diaryl/α,β-unsaturated/α-hetero) is 1. The smallest absolute Gasteiger partial charge is 0.246 e. The first-order chi connectivity index (χ1) is 8.84. The van der Waals surface area contributed by atoms with Crippen LogP contribution in [0.5, 0.6) is 0 Å². The fourth-order valence-corrected chi connectivity index (χ4v) is 2.42. The zero-order valence-electron chi connectivity index (χ0n) is 11.3. The maximum Gasteiger partial charge on any atom is 0.246 e. The van der Waals surface area contributed by atoms with Crippen molar-refractivity contribution in [1.82, 2.24) is 0 Å². The second-order valence-electron chi connectivity index (χ2n) is 5.45. The SMILES string of the molecule is CC(=O)CC1OC(C(C)(C)[N+](=O)[O-])c2ccccc21. The van der Waals surface area contributed by atoms with Gasteiger partial charge in [0.1, 0.15) is 5.78 Å². The van der Waals surface area contributed by atoms with E-state index >= 15 is 0 Å². The van der Waals surface area contributed by atoms with Crippen molar-refractivity contribution in [1.29, 1.82) is 0 Å². The minimum absolute atomic E-state index is 0.0133. The molecule has 1 heterocycles. The summed E-state index contributed by atoms with van der Waals surface area (Å²) < 4.78 is 5.81. The van der Waals surface area contributed by atoms with Crippen molar-refractivity contribution in [2.24, 2.45) is 0 Å². The Bertz CT molecular complexity index is 524. The summed E-state index contributed by atoms with van der Waals surface area (Å²) in [5.74, 6) is 0.0133. The van der Waals surface area contributed by atoms with Crippen LogP contribution in [0.25, 0.3) is 0 Å². The van der Waals surface area contributed by atoms with Crippen LogP contribution in [-0.4, -0.2) is 16.2 Å². The van der Waals surface area contributed by atoms with E-state index in [4.69, 9.17) is 4.74 Å². The van der Waals surface area contributed by atoms with Crippen LogP contribution < -0.4 is 0 Å². The minimum atomic E-state index is -1.22. The third-order valence-electron chi connectivity index (χ3n) is 3.51. The first-order valence-electron chi connectivity index (χ1n) is 6.22. The van der Waals surface area contributed by atoms with Gasteiger partial charge in [0.25, 0.3) is 0 Å². The molecule has 0 fully saturated rings. The fraction of sp³-hybridized carbons (Fsp3) is 0.500. The zero-order valence-corrected chi connectivity index (χ0v) is 11.3. The molecule has 0 bridgehead atoms. The van der Waals surface area contributed by atoms with Gasteiger partial charge in [0.2, 0.25) is 5.54 Å². The lowest BCUT2D eigenvalue weighted by Gasteiger charge is -2.23. The highest BCUT2D eigenvalue weighted by Gasteiger charge is 2.49. The molecule has 2 unspecified atom stereocenters. The summed E-state index contributed by atoms with van der Waals surface area (Å²) >= 11 is 0. The van der Waals surface area contributed by atoms with Crippen LogP contribution in [0.1, 0.15) is 50.5 Å². The van der Waals surface area contributed by atoms with Gasteiger partial charge in [0.05, 0.1) is 6.10 Å². The second-order valence-corrected chi connectivity index (χ2v) is 5.45. The summed E-state index contributed by atoms with van der Waals surface area (Å²) in [5, 5.41) is 11.2. The standard InChI is InChI=1S/C14H17NO4/c1-9(16)8-12-10-6-4-5-7-11(10)13(19-12)14(2,3)15(17)18/h4-7,12-13H,8H2,1-3H3. The molecule has 0 amide bonds. The largest absolute Gasteiger partial charge is 0.358 e. The van der Waals surface area contributed by atoms with Crippen LogP contribution in [0.3, 0.4) is 0 Å². The molecule has 1 aromatic carbocycles. The summed E-state index contributed by atoms with van der Waals surface area (Å²) in [5.41, 5.74) is 0.481. The molecule has 0 radical (unpaired) electrons. The fourth-order valence-electron chi connectivity index (χ4n) is 2.42. The second kappa shape index (κ2) is 4.74. The van der Waals surface area contributed by atoms with E-state index in [-0.39, 0.29) is 23.2 Å². The molecule has 0 N–H and O–H groups in total. The van der Waals surface area contributed by atoms with Gasteiger partial charge in [-0.1, -0.05) is 24.3 Å². The van der Waals surface area contributed by atoms with E-state index in [9.17, 15) is 14.9 Å². The van der Waals surface area contributed by atoms with E-state index in [1.807, 2.05) is 24.3 Å². The third-order valence-corrected chi connectivity index (χ3v) is 3.51. The van der Waals surface area contributed by atoms with Crippen LogP contribution in [0.15, 0.2) is 24.3 Å². The molecule has 19 heavy (non-hydrogen) atoms. The minimum Gasteiger partial charge on any atom is -0.358 e. The monoisotopic (exact) mass is 263 g/mol. The van der Waals surface area contributed by atoms with Crippen molar-refractivity contribution < 1.29 is 14.5 Å². The van der Waals surface area contributed by atoms with Crippen LogP contribution >= 0.6 is 0 Å². The Labute approximate surface area is 111 Å². The molecule has 0 saturated carbocycles. The summed E-state index contributed by atoms with van der Waals surface area (Å²) in [4.78, 5) is 22.2. The predicted octanol–water partition coefficient (Wildman–Crippen LogP) is 2.83. The van der Waals surface area contributed by atoms with Gasteiger partial charge < -0.3 is 4.74 Å². The number of nitrogens with zero attached hydrogens (tertiary/aromatic N) is 1. The number of benzene rings is 1. The number of hydrogen-bond donors (Lipinski definition) is 0. The predicted molar refractivity (Wildman–Crippen MR) is 69.4 cm³/mol. The Morgan fingerprint density at radius 3 is 2.47 bits per heavy atom.